The van der Waals surface area contributed by atoms with Gasteiger partial charge in [-0.15, -0.1) is 11.3 Å². The van der Waals surface area contributed by atoms with Crippen molar-refractivity contribution in [3.63, 3.8) is 0 Å². The zero-order valence-corrected chi connectivity index (χ0v) is 19.0. The summed E-state index contributed by atoms with van der Waals surface area (Å²) in [7, 11) is 0. The number of aromatic nitrogens is 2. The number of thiophene rings is 1. The van der Waals surface area contributed by atoms with Crippen LogP contribution in [0.4, 0.5) is 14.5 Å². The predicted molar refractivity (Wildman–Crippen MR) is 125 cm³/mol. The van der Waals surface area contributed by atoms with Gasteiger partial charge in [-0.25, -0.2) is 13.8 Å². The van der Waals surface area contributed by atoms with Gasteiger partial charge in [0.05, 0.1) is 23.1 Å². The molecule has 33 heavy (non-hydrogen) atoms. The van der Waals surface area contributed by atoms with Crippen molar-refractivity contribution in [1.29, 1.82) is 0 Å². The predicted octanol–water partition coefficient (Wildman–Crippen LogP) is 5.07. The largest absolute Gasteiger partial charge is 0.305 e. The highest BCUT2D eigenvalue weighted by Gasteiger charge is 2.32. The second kappa shape index (κ2) is 8.19. The molecule has 168 valence electrons. The average Bonchev–Trinajstić information content (AvgIpc) is 3.12. The molecule has 5 nitrogen and oxygen atoms in total. The third-order valence-corrected chi connectivity index (χ3v) is 7.33. The van der Waals surface area contributed by atoms with E-state index in [0.29, 0.717) is 38.3 Å². The molecule has 0 radical (unpaired) electrons. The summed E-state index contributed by atoms with van der Waals surface area (Å²) in [4.78, 5) is 33.9. The van der Waals surface area contributed by atoms with E-state index >= 15 is 0 Å². The molecule has 0 N–H and O–H groups in total. The van der Waals surface area contributed by atoms with Crippen LogP contribution in [0, 0.1) is 18.6 Å². The Morgan fingerprint density at radius 2 is 1.97 bits per heavy atom. The van der Waals surface area contributed by atoms with Crippen molar-refractivity contribution in [3.8, 4) is 0 Å². The van der Waals surface area contributed by atoms with Crippen molar-refractivity contribution in [2.45, 2.75) is 39.3 Å². The molecule has 0 saturated carbocycles. The molecular formula is C25H21F2N3O2S. The number of aryl methyl sites for hydroxylation is 2. The summed E-state index contributed by atoms with van der Waals surface area (Å²) in [5, 5.41) is 0.395. The average molecular weight is 466 g/mol. The molecule has 0 aliphatic carbocycles. The molecule has 1 atom stereocenters. The Morgan fingerprint density at radius 3 is 2.76 bits per heavy atom. The molecule has 0 spiro atoms. The molecule has 1 aliphatic heterocycles. The van der Waals surface area contributed by atoms with Crippen LogP contribution >= 0.6 is 11.3 Å². The van der Waals surface area contributed by atoms with Crippen LogP contribution in [0.2, 0.25) is 0 Å². The Labute approximate surface area is 192 Å². The maximum absolute atomic E-state index is 13.7. The molecule has 4 aromatic rings. The van der Waals surface area contributed by atoms with E-state index in [0.717, 1.165) is 12.0 Å². The van der Waals surface area contributed by atoms with Gasteiger partial charge < -0.3 is 4.90 Å². The van der Waals surface area contributed by atoms with Gasteiger partial charge in [0.25, 0.3) is 11.5 Å². The zero-order valence-electron chi connectivity index (χ0n) is 18.1. The van der Waals surface area contributed by atoms with Gasteiger partial charge in [-0.3, -0.25) is 14.2 Å². The maximum atomic E-state index is 13.7. The molecule has 0 fully saturated rings. The van der Waals surface area contributed by atoms with E-state index in [9.17, 15) is 18.4 Å². The fraction of sp³-hybridized carbons (Fsp3) is 0.240. The van der Waals surface area contributed by atoms with Gasteiger partial charge in [0.2, 0.25) is 0 Å². The van der Waals surface area contributed by atoms with E-state index in [-0.39, 0.29) is 35.7 Å². The van der Waals surface area contributed by atoms with Crippen LogP contribution in [-0.4, -0.2) is 21.5 Å². The number of anilines is 1. The first kappa shape index (κ1) is 21.5. The van der Waals surface area contributed by atoms with Crippen molar-refractivity contribution in [1.82, 2.24) is 9.55 Å². The van der Waals surface area contributed by atoms with E-state index in [1.807, 2.05) is 6.92 Å². The van der Waals surface area contributed by atoms with Crippen molar-refractivity contribution < 1.29 is 13.6 Å². The van der Waals surface area contributed by atoms with Crippen LogP contribution in [-0.2, 0) is 13.0 Å². The minimum Gasteiger partial charge on any atom is -0.305 e. The summed E-state index contributed by atoms with van der Waals surface area (Å²) in [5.74, 6) is -0.909. The van der Waals surface area contributed by atoms with Gasteiger partial charge in [0.1, 0.15) is 16.5 Å². The smallest absolute Gasteiger partial charge is 0.268 e. The second-order valence-electron chi connectivity index (χ2n) is 8.38. The Morgan fingerprint density at radius 1 is 1.18 bits per heavy atom. The standard InChI is InChI=1S/C25H21F2N3O2S/c1-14-6-7-17-11-19(27)8-9-20(17)30(14)25(32)22-15(2)21-23(33-22)28-13-29(24(21)31)12-16-4-3-5-18(26)10-16/h3-5,8-11,13-14H,6-7,12H2,1-2H3. The highest BCUT2D eigenvalue weighted by molar-refractivity contribution is 7.20. The number of halogens is 2. The first-order chi connectivity index (χ1) is 15.8. The third-order valence-electron chi connectivity index (χ3n) is 6.15. The lowest BCUT2D eigenvalue weighted by atomic mass is 9.96. The summed E-state index contributed by atoms with van der Waals surface area (Å²) in [6.07, 6.45) is 2.86. The monoisotopic (exact) mass is 465 g/mol. The molecular weight excluding hydrogens is 444 g/mol. The Balaban J connectivity index is 1.56. The quantitative estimate of drug-likeness (QED) is 0.424. The van der Waals surface area contributed by atoms with Crippen LogP contribution in [0.3, 0.4) is 0 Å². The lowest BCUT2D eigenvalue weighted by Crippen LogP contribution is -2.42. The molecule has 8 heteroatoms. The van der Waals surface area contributed by atoms with E-state index in [2.05, 4.69) is 4.98 Å². The number of nitrogens with zero attached hydrogens (tertiary/aromatic N) is 3. The summed E-state index contributed by atoms with van der Waals surface area (Å²) in [5.41, 5.74) is 2.46. The highest BCUT2D eigenvalue weighted by atomic mass is 32.1. The topological polar surface area (TPSA) is 55.2 Å². The van der Waals surface area contributed by atoms with Crippen LogP contribution in [0.1, 0.15) is 39.7 Å². The van der Waals surface area contributed by atoms with Gasteiger partial charge in [-0.1, -0.05) is 12.1 Å². The number of hydrogen-bond donors (Lipinski definition) is 0. The molecule has 0 bridgehead atoms. The first-order valence-corrected chi connectivity index (χ1v) is 11.5. The highest BCUT2D eigenvalue weighted by Crippen LogP contribution is 2.35. The fourth-order valence-electron chi connectivity index (χ4n) is 4.45. The van der Waals surface area contributed by atoms with Gasteiger partial charge >= 0.3 is 0 Å². The summed E-state index contributed by atoms with van der Waals surface area (Å²) in [6, 6.07) is 10.5. The number of benzene rings is 2. The van der Waals surface area contributed by atoms with Crippen LogP contribution < -0.4 is 10.5 Å². The molecule has 1 aliphatic rings. The summed E-state index contributed by atoms with van der Waals surface area (Å²) < 4.78 is 28.7. The number of amides is 1. The van der Waals surface area contributed by atoms with Crippen molar-refractivity contribution in [2.75, 3.05) is 4.90 Å². The van der Waals surface area contributed by atoms with Crippen LogP contribution in [0.5, 0.6) is 0 Å². The Kier molecular flexibility index (Phi) is 5.32. The second-order valence-corrected chi connectivity index (χ2v) is 9.38. The van der Waals surface area contributed by atoms with Crippen LogP contribution in [0.25, 0.3) is 10.2 Å². The fourth-order valence-corrected chi connectivity index (χ4v) is 5.52. The number of carbonyl (C=O) groups is 1. The lowest BCUT2D eigenvalue weighted by Gasteiger charge is -2.35. The van der Waals surface area contributed by atoms with Crippen molar-refractivity contribution >= 4 is 33.1 Å². The van der Waals surface area contributed by atoms with E-state index in [1.165, 1.54) is 46.5 Å². The Bertz CT molecular complexity index is 1460. The van der Waals surface area contributed by atoms with Gasteiger partial charge in [-0.05, 0) is 73.7 Å². The van der Waals surface area contributed by atoms with E-state index < -0.39 is 0 Å². The molecule has 0 saturated heterocycles. The lowest BCUT2D eigenvalue weighted by molar-refractivity contribution is 0.0978. The molecule has 2 aromatic carbocycles. The number of fused-ring (bicyclic) bond motifs is 2. The summed E-state index contributed by atoms with van der Waals surface area (Å²) in [6.45, 7) is 3.90. The molecule has 5 rings (SSSR count). The summed E-state index contributed by atoms with van der Waals surface area (Å²) >= 11 is 1.19. The van der Waals surface area contributed by atoms with Crippen molar-refractivity contribution in [3.05, 3.63) is 92.3 Å². The maximum Gasteiger partial charge on any atom is 0.268 e. The zero-order chi connectivity index (χ0) is 23.3. The van der Waals surface area contributed by atoms with Gasteiger partial charge in [-0.2, -0.15) is 0 Å². The number of hydrogen-bond acceptors (Lipinski definition) is 4. The van der Waals surface area contributed by atoms with E-state index in [1.54, 1.807) is 30.0 Å². The van der Waals surface area contributed by atoms with Gasteiger partial charge in [0.15, 0.2) is 0 Å². The molecule has 1 unspecified atom stereocenters. The van der Waals surface area contributed by atoms with E-state index in [4.69, 9.17) is 0 Å². The SMILES string of the molecule is Cc1c(C(=O)N2c3ccc(F)cc3CCC2C)sc2ncn(Cc3cccc(F)c3)c(=O)c12. The van der Waals surface area contributed by atoms with Gasteiger partial charge in [0, 0.05) is 11.7 Å². The molecule has 2 aromatic heterocycles. The molecule has 1 amide bonds. The first-order valence-electron chi connectivity index (χ1n) is 10.7. The number of rotatable bonds is 3. The third kappa shape index (κ3) is 3.74. The van der Waals surface area contributed by atoms with Crippen LogP contribution in [0.15, 0.2) is 53.6 Å². The minimum absolute atomic E-state index is 0.0577. The Hall–Kier alpha value is -3.39. The van der Waals surface area contributed by atoms with Crippen molar-refractivity contribution in [2.24, 2.45) is 0 Å². The number of carbonyl (C=O) groups excluding carboxylic acids is 1. The normalized spacial score (nSPS) is 15.6. The minimum atomic E-state index is -0.370. The molecule has 3 heterocycles.